The summed E-state index contributed by atoms with van der Waals surface area (Å²) in [6.45, 7) is 8.53. The highest BCUT2D eigenvalue weighted by Crippen LogP contribution is 2.28. The summed E-state index contributed by atoms with van der Waals surface area (Å²) in [5, 5.41) is 6.54. The Kier molecular flexibility index (Phi) is 6.42. The maximum Gasteiger partial charge on any atom is 0.417 e. The second-order valence-corrected chi connectivity index (χ2v) is 5.37. The molecule has 3 nitrogen and oxygen atoms in total. The summed E-state index contributed by atoms with van der Waals surface area (Å²) in [6, 6.07) is 2.70. The largest absolute Gasteiger partial charge is 0.417 e. The molecular weight excluding hydrogens is 267 g/mol. The third-order valence-corrected chi connectivity index (χ3v) is 2.79. The molecule has 20 heavy (non-hydrogen) atoms. The van der Waals surface area contributed by atoms with Gasteiger partial charge >= 0.3 is 6.18 Å². The van der Waals surface area contributed by atoms with E-state index >= 15 is 0 Å². The van der Waals surface area contributed by atoms with Crippen molar-refractivity contribution in [1.82, 2.24) is 15.6 Å². The maximum atomic E-state index is 12.4. The second kappa shape index (κ2) is 7.59. The van der Waals surface area contributed by atoms with Crippen LogP contribution in [0.15, 0.2) is 18.3 Å². The lowest BCUT2D eigenvalue weighted by atomic mass is 10.2. The van der Waals surface area contributed by atoms with Crippen LogP contribution >= 0.6 is 0 Å². The molecule has 1 aromatic heterocycles. The average Bonchev–Trinajstić information content (AvgIpc) is 2.35. The molecule has 1 unspecified atom stereocenters. The highest BCUT2D eigenvalue weighted by atomic mass is 19.4. The van der Waals surface area contributed by atoms with Gasteiger partial charge < -0.3 is 10.6 Å². The minimum absolute atomic E-state index is 0.234. The molecular formula is C14H22F3N3. The lowest BCUT2D eigenvalue weighted by molar-refractivity contribution is -0.137. The zero-order valence-electron chi connectivity index (χ0n) is 12.1. The molecule has 1 rings (SSSR count). The van der Waals surface area contributed by atoms with E-state index in [2.05, 4.69) is 29.5 Å². The minimum Gasteiger partial charge on any atom is -0.315 e. The Morgan fingerprint density at radius 2 is 1.85 bits per heavy atom. The Hall–Kier alpha value is -1.14. The molecule has 114 valence electrons. The van der Waals surface area contributed by atoms with Gasteiger partial charge in [0.2, 0.25) is 0 Å². The monoisotopic (exact) mass is 289 g/mol. The predicted molar refractivity (Wildman–Crippen MR) is 73.2 cm³/mol. The van der Waals surface area contributed by atoms with Gasteiger partial charge in [-0.3, -0.25) is 4.98 Å². The lowest BCUT2D eigenvalue weighted by Crippen LogP contribution is -2.37. The van der Waals surface area contributed by atoms with Crippen LogP contribution in [0, 0.1) is 5.92 Å². The highest BCUT2D eigenvalue weighted by Gasteiger charge is 2.30. The average molecular weight is 289 g/mol. The molecule has 0 aromatic carbocycles. The van der Waals surface area contributed by atoms with Crippen LogP contribution in [-0.2, 0) is 12.7 Å². The molecule has 0 fully saturated rings. The summed E-state index contributed by atoms with van der Waals surface area (Å²) in [7, 11) is 0. The van der Waals surface area contributed by atoms with E-state index in [1.54, 1.807) is 0 Å². The molecule has 0 spiro atoms. The number of nitrogens with one attached hydrogen (secondary N) is 2. The van der Waals surface area contributed by atoms with E-state index in [-0.39, 0.29) is 6.04 Å². The number of pyridine rings is 1. The van der Waals surface area contributed by atoms with Gasteiger partial charge in [0.25, 0.3) is 0 Å². The fourth-order valence-corrected chi connectivity index (χ4v) is 1.64. The van der Waals surface area contributed by atoms with Crippen LogP contribution < -0.4 is 10.6 Å². The third-order valence-electron chi connectivity index (χ3n) is 2.79. The van der Waals surface area contributed by atoms with Crippen LogP contribution in [-0.4, -0.2) is 24.1 Å². The summed E-state index contributed by atoms with van der Waals surface area (Å²) in [4.78, 5) is 3.82. The molecule has 6 heteroatoms. The number of nitrogens with zero attached hydrogens (tertiary/aromatic N) is 1. The van der Waals surface area contributed by atoms with Crippen molar-refractivity contribution in [1.29, 1.82) is 0 Å². The number of hydrogen-bond acceptors (Lipinski definition) is 3. The zero-order chi connectivity index (χ0) is 15.2. The summed E-state index contributed by atoms with van der Waals surface area (Å²) < 4.78 is 37.1. The van der Waals surface area contributed by atoms with Crippen molar-refractivity contribution in [2.24, 2.45) is 5.92 Å². The van der Waals surface area contributed by atoms with Gasteiger partial charge in [0.15, 0.2) is 0 Å². The molecule has 1 heterocycles. The first-order chi connectivity index (χ1) is 9.29. The van der Waals surface area contributed by atoms with E-state index < -0.39 is 11.7 Å². The first-order valence-corrected chi connectivity index (χ1v) is 6.75. The van der Waals surface area contributed by atoms with Crippen LogP contribution in [0.2, 0.25) is 0 Å². The third kappa shape index (κ3) is 6.34. The number of halogens is 3. The molecule has 0 saturated heterocycles. The van der Waals surface area contributed by atoms with Gasteiger partial charge in [0, 0.05) is 25.3 Å². The second-order valence-electron chi connectivity index (χ2n) is 5.37. The van der Waals surface area contributed by atoms with E-state index in [1.807, 2.05) is 6.92 Å². The first kappa shape index (κ1) is 16.9. The van der Waals surface area contributed by atoms with E-state index in [4.69, 9.17) is 0 Å². The van der Waals surface area contributed by atoms with Crippen LogP contribution in [0.25, 0.3) is 0 Å². The van der Waals surface area contributed by atoms with Gasteiger partial charge in [-0.05, 0) is 31.5 Å². The van der Waals surface area contributed by atoms with Crippen LogP contribution in [0.3, 0.4) is 0 Å². The molecule has 2 N–H and O–H groups in total. The van der Waals surface area contributed by atoms with E-state index in [1.165, 1.54) is 6.07 Å². The quantitative estimate of drug-likeness (QED) is 0.810. The number of aromatic nitrogens is 1. The van der Waals surface area contributed by atoms with Gasteiger partial charge in [-0.1, -0.05) is 13.8 Å². The van der Waals surface area contributed by atoms with Crippen molar-refractivity contribution < 1.29 is 13.2 Å². The van der Waals surface area contributed by atoms with Crippen molar-refractivity contribution in [3.05, 3.63) is 29.6 Å². The first-order valence-electron chi connectivity index (χ1n) is 6.75. The molecule has 0 saturated carbocycles. The van der Waals surface area contributed by atoms with Gasteiger partial charge in [0.1, 0.15) is 0 Å². The SMILES string of the molecule is CC(C)CNCC(C)NCc1ccc(C(F)(F)F)cn1. The van der Waals surface area contributed by atoms with E-state index in [9.17, 15) is 13.2 Å². The van der Waals surface area contributed by atoms with Gasteiger partial charge in [-0.2, -0.15) is 13.2 Å². The van der Waals surface area contributed by atoms with Crippen LogP contribution in [0.5, 0.6) is 0 Å². The van der Waals surface area contributed by atoms with Crippen LogP contribution in [0.1, 0.15) is 32.0 Å². The highest BCUT2D eigenvalue weighted by molar-refractivity contribution is 5.16. The van der Waals surface area contributed by atoms with Crippen molar-refractivity contribution >= 4 is 0 Å². The standard InChI is InChI=1S/C14H22F3N3/c1-10(2)6-18-7-11(3)19-9-13-5-4-12(8-20-13)14(15,16)17/h4-5,8,10-11,18-19H,6-7,9H2,1-3H3. The Labute approximate surface area is 118 Å². The normalized spacial score (nSPS) is 13.8. The smallest absolute Gasteiger partial charge is 0.315 e. The lowest BCUT2D eigenvalue weighted by Gasteiger charge is -2.15. The number of rotatable bonds is 7. The Morgan fingerprint density at radius 1 is 1.15 bits per heavy atom. The van der Waals surface area contributed by atoms with E-state index in [0.29, 0.717) is 18.2 Å². The van der Waals surface area contributed by atoms with Gasteiger partial charge in [0.05, 0.1) is 11.3 Å². The van der Waals surface area contributed by atoms with E-state index in [0.717, 1.165) is 25.4 Å². The fraction of sp³-hybridized carbons (Fsp3) is 0.643. The summed E-state index contributed by atoms with van der Waals surface area (Å²) in [5.74, 6) is 0.596. The Morgan fingerprint density at radius 3 is 2.35 bits per heavy atom. The fourth-order valence-electron chi connectivity index (χ4n) is 1.64. The molecule has 0 aliphatic rings. The zero-order valence-corrected chi connectivity index (χ0v) is 12.1. The van der Waals surface area contributed by atoms with Crippen LogP contribution in [0.4, 0.5) is 13.2 Å². The van der Waals surface area contributed by atoms with Crippen molar-refractivity contribution in [3.63, 3.8) is 0 Å². The Bertz CT molecular complexity index is 388. The van der Waals surface area contributed by atoms with Gasteiger partial charge in [-0.25, -0.2) is 0 Å². The number of alkyl halides is 3. The Balaban J connectivity index is 2.34. The molecule has 0 aliphatic heterocycles. The summed E-state index contributed by atoms with van der Waals surface area (Å²) in [6.07, 6.45) is -3.45. The van der Waals surface area contributed by atoms with Gasteiger partial charge in [-0.15, -0.1) is 0 Å². The molecule has 0 amide bonds. The topological polar surface area (TPSA) is 37.0 Å². The maximum absolute atomic E-state index is 12.4. The molecule has 0 radical (unpaired) electrons. The molecule has 1 atom stereocenters. The summed E-state index contributed by atoms with van der Waals surface area (Å²) >= 11 is 0. The minimum atomic E-state index is -4.33. The number of hydrogen-bond donors (Lipinski definition) is 2. The summed E-state index contributed by atoms with van der Waals surface area (Å²) in [5.41, 5.74) is -0.110. The van der Waals surface area contributed by atoms with Crippen molar-refractivity contribution in [3.8, 4) is 0 Å². The predicted octanol–water partition coefficient (Wildman–Crippen LogP) is 2.82. The van der Waals surface area contributed by atoms with Crippen molar-refractivity contribution in [2.45, 2.75) is 39.5 Å². The molecule has 0 aliphatic carbocycles. The van der Waals surface area contributed by atoms with Crippen molar-refractivity contribution in [2.75, 3.05) is 13.1 Å². The molecule has 1 aromatic rings. The molecule has 0 bridgehead atoms.